The first-order valence-corrected chi connectivity index (χ1v) is 7.87. The largest absolute Gasteiger partial charge is 0.481 e. The van der Waals surface area contributed by atoms with Gasteiger partial charge in [-0.05, 0) is 19.4 Å². The predicted molar refractivity (Wildman–Crippen MR) is 85.1 cm³/mol. The van der Waals surface area contributed by atoms with Gasteiger partial charge in [0.05, 0.1) is 10.9 Å². The summed E-state index contributed by atoms with van der Waals surface area (Å²) in [5.41, 5.74) is 1.47. The summed E-state index contributed by atoms with van der Waals surface area (Å²) in [4.78, 5) is 27.3. The maximum Gasteiger partial charge on any atom is 0.308 e. The van der Waals surface area contributed by atoms with Gasteiger partial charge in [-0.15, -0.1) is 11.3 Å². The lowest BCUT2D eigenvalue weighted by atomic mass is 10.0. The zero-order chi connectivity index (χ0) is 16.1. The van der Waals surface area contributed by atoms with Crippen molar-refractivity contribution < 1.29 is 14.7 Å². The Hall–Kier alpha value is -2.21. The van der Waals surface area contributed by atoms with Crippen molar-refractivity contribution in [3.8, 4) is 0 Å². The summed E-state index contributed by atoms with van der Waals surface area (Å²) in [5, 5.41) is 14.2. The fraction of sp³-hybridized carbons (Fsp3) is 0.312. The number of carboxylic acid groups (broad SMARTS) is 1. The molecule has 0 saturated carbocycles. The highest BCUT2D eigenvalue weighted by atomic mass is 32.1. The van der Waals surface area contributed by atoms with Crippen LogP contribution in [0.15, 0.2) is 35.7 Å². The smallest absolute Gasteiger partial charge is 0.308 e. The van der Waals surface area contributed by atoms with Crippen molar-refractivity contribution in [3.05, 3.63) is 52.0 Å². The molecule has 22 heavy (non-hydrogen) atoms. The number of aliphatic carboxylic acids is 1. The molecule has 0 aliphatic heterocycles. The molecule has 6 heteroatoms. The second-order valence-corrected chi connectivity index (χ2v) is 6.12. The number of hydrogen-bond donors (Lipinski definition) is 2. The highest BCUT2D eigenvalue weighted by Crippen LogP contribution is 2.15. The Bertz CT molecular complexity index is 654. The minimum atomic E-state index is -0.934. The SMILES string of the molecule is CC(NC(=O)c1csc(Cc2ccccc2)n1)C(C)C(=O)O. The highest BCUT2D eigenvalue weighted by Gasteiger charge is 2.22. The van der Waals surface area contributed by atoms with Gasteiger partial charge in [0.2, 0.25) is 0 Å². The van der Waals surface area contributed by atoms with Crippen molar-refractivity contribution in [3.63, 3.8) is 0 Å². The highest BCUT2D eigenvalue weighted by molar-refractivity contribution is 7.09. The van der Waals surface area contributed by atoms with Gasteiger partial charge in [0, 0.05) is 17.8 Å². The molecule has 2 N–H and O–H groups in total. The first-order chi connectivity index (χ1) is 10.5. The predicted octanol–water partition coefficient (Wildman–Crippen LogP) is 2.57. The van der Waals surface area contributed by atoms with Crippen LogP contribution in [-0.4, -0.2) is 28.0 Å². The lowest BCUT2D eigenvalue weighted by molar-refractivity contribution is -0.141. The number of rotatable bonds is 6. The van der Waals surface area contributed by atoms with Gasteiger partial charge in [-0.1, -0.05) is 30.3 Å². The van der Waals surface area contributed by atoms with Gasteiger partial charge in [0.25, 0.3) is 5.91 Å². The van der Waals surface area contributed by atoms with E-state index in [-0.39, 0.29) is 5.91 Å². The van der Waals surface area contributed by atoms with E-state index in [1.54, 1.807) is 19.2 Å². The molecule has 116 valence electrons. The van der Waals surface area contributed by atoms with Crippen LogP contribution in [0.3, 0.4) is 0 Å². The topological polar surface area (TPSA) is 79.3 Å². The zero-order valence-electron chi connectivity index (χ0n) is 12.4. The molecule has 0 saturated heterocycles. The van der Waals surface area contributed by atoms with E-state index in [4.69, 9.17) is 5.11 Å². The number of carbonyl (C=O) groups is 2. The van der Waals surface area contributed by atoms with E-state index >= 15 is 0 Å². The van der Waals surface area contributed by atoms with E-state index in [2.05, 4.69) is 10.3 Å². The third-order valence-corrected chi connectivity index (χ3v) is 4.33. The number of nitrogens with one attached hydrogen (secondary N) is 1. The molecular weight excluding hydrogens is 300 g/mol. The molecular formula is C16H18N2O3S. The third-order valence-electron chi connectivity index (χ3n) is 3.48. The summed E-state index contributed by atoms with van der Waals surface area (Å²) in [7, 11) is 0. The molecule has 1 aromatic carbocycles. The van der Waals surface area contributed by atoms with E-state index in [9.17, 15) is 9.59 Å². The molecule has 2 aromatic rings. The van der Waals surface area contributed by atoms with Crippen molar-refractivity contribution in [2.75, 3.05) is 0 Å². The van der Waals surface area contributed by atoms with Crippen molar-refractivity contribution in [2.24, 2.45) is 5.92 Å². The van der Waals surface area contributed by atoms with Crippen LogP contribution < -0.4 is 5.32 Å². The zero-order valence-corrected chi connectivity index (χ0v) is 13.3. The normalized spacial score (nSPS) is 13.4. The molecule has 0 spiro atoms. The summed E-state index contributed by atoms with van der Waals surface area (Å²) >= 11 is 1.43. The van der Waals surface area contributed by atoms with E-state index in [0.29, 0.717) is 12.1 Å². The Balaban J connectivity index is 1.99. The second-order valence-electron chi connectivity index (χ2n) is 5.18. The Morgan fingerprint density at radius 1 is 1.27 bits per heavy atom. The fourth-order valence-corrected chi connectivity index (χ4v) is 2.69. The van der Waals surface area contributed by atoms with E-state index < -0.39 is 17.9 Å². The number of amides is 1. The van der Waals surface area contributed by atoms with Crippen LogP contribution in [0.25, 0.3) is 0 Å². The van der Waals surface area contributed by atoms with Gasteiger partial charge >= 0.3 is 5.97 Å². The fourth-order valence-electron chi connectivity index (χ4n) is 1.89. The van der Waals surface area contributed by atoms with Crippen LogP contribution in [-0.2, 0) is 11.2 Å². The molecule has 2 atom stereocenters. The van der Waals surface area contributed by atoms with Gasteiger partial charge in [-0.2, -0.15) is 0 Å². The third kappa shape index (κ3) is 4.14. The molecule has 1 heterocycles. The lowest BCUT2D eigenvalue weighted by Crippen LogP contribution is -2.40. The molecule has 5 nitrogen and oxygen atoms in total. The molecule has 0 aliphatic rings. The number of nitrogens with zero attached hydrogens (tertiary/aromatic N) is 1. The molecule has 1 amide bonds. The van der Waals surface area contributed by atoms with Crippen molar-refractivity contribution in [1.29, 1.82) is 0 Å². The Kier molecular flexibility index (Phi) is 5.27. The number of thiazole rings is 1. The average molecular weight is 318 g/mol. The number of hydrogen-bond acceptors (Lipinski definition) is 4. The van der Waals surface area contributed by atoms with Gasteiger partial charge in [0.15, 0.2) is 0 Å². The van der Waals surface area contributed by atoms with Gasteiger partial charge < -0.3 is 10.4 Å². The van der Waals surface area contributed by atoms with E-state index in [1.807, 2.05) is 30.3 Å². The maximum absolute atomic E-state index is 12.1. The molecule has 2 unspecified atom stereocenters. The molecule has 0 radical (unpaired) electrons. The van der Waals surface area contributed by atoms with E-state index in [1.165, 1.54) is 11.3 Å². The first-order valence-electron chi connectivity index (χ1n) is 6.99. The van der Waals surface area contributed by atoms with Crippen LogP contribution in [0, 0.1) is 5.92 Å². The Morgan fingerprint density at radius 3 is 2.59 bits per heavy atom. The summed E-state index contributed by atoms with van der Waals surface area (Å²) < 4.78 is 0. The Morgan fingerprint density at radius 2 is 1.95 bits per heavy atom. The lowest BCUT2D eigenvalue weighted by Gasteiger charge is -2.16. The number of aromatic nitrogens is 1. The quantitative estimate of drug-likeness (QED) is 0.858. The van der Waals surface area contributed by atoms with Crippen LogP contribution in [0.4, 0.5) is 0 Å². The standard InChI is InChI=1S/C16H18N2O3S/c1-10(16(20)21)11(2)17-15(19)13-9-22-14(18-13)8-12-6-4-3-5-7-12/h3-7,9-11H,8H2,1-2H3,(H,17,19)(H,20,21). The summed E-state index contributed by atoms with van der Waals surface area (Å²) in [6, 6.07) is 9.45. The molecule has 0 aliphatic carbocycles. The van der Waals surface area contributed by atoms with Crippen LogP contribution in [0.1, 0.15) is 34.9 Å². The van der Waals surface area contributed by atoms with Crippen molar-refractivity contribution >= 4 is 23.2 Å². The van der Waals surface area contributed by atoms with Crippen LogP contribution >= 0.6 is 11.3 Å². The first kappa shape index (κ1) is 16.2. The van der Waals surface area contributed by atoms with Crippen molar-refractivity contribution in [1.82, 2.24) is 10.3 Å². The van der Waals surface area contributed by atoms with Gasteiger partial charge in [0.1, 0.15) is 5.69 Å². The van der Waals surface area contributed by atoms with Crippen molar-refractivity contribution in [2.45, 2.75) is 26.3 Å². The molecule has 0 fully saturated rings. The minimum absolute atomic E-state index is 0.334. The van der Waals surface area contributed by atoms with Gasteiger partial charge in [-0.25, -0.2) is 4.98 Å². The number of carboxylic acids is 1. The molecule has 2 rings (SSSR count). The maximum atomic E-state index is 12.1. The minimum Gasteiger partial charge on any atom is -0.481 e. The summed E-state index contributed by atoms with van der Waals surface area (Å²) in [6.45, 7) is 3.24. The number of carbonyl (C=O) groups excluding carboxylic acids is 1. The Labute approximate surface area is 133 Å². The van der Waals surface area contributed by atoms with Crippen LogP contribution in [0.5, 0.6) is 0 Å². The molecule has 0 bridgehead atoms. The monoisotopic (exact) mass is 318 g/mol. The van der Waals surface area contributed by atoms with Crippen LogP contribution in [0.2, 0.25) is 0 Å². The number of benzene rings is 1. The summed E-state index contributed by atoms with van der Waals surface area (Å²) in [5.74, 6) is -1.92. The van der Waals surface area contributed by atoms with Gasteiger partial charge in [-0.3, -0.25) is 9.59 Å². The average Bonchev–Trinajstić information content (AvgIpc) is 2.96. The second kappa shape index (κ2) is 7.17. The van der Waals surface area contributed by atoms with E-state index in [0.717, 1.165) is 10.6 Å². The summed E-state index contributed by atoms with van der Waals surface area (Å²) in [6.07, 6.45) is 0.680. The molecule has 1 aromatic heterocycles.